The van der Waals surface area contributed by atoms with Crippen LogP contribution >= 0.6 is 24.0 Å². The van der Waals surface area contributed by atoms with Crippen LogP contribution in [0.4, 0.5) is 0 Å². The van der Waals surface area contributed by atoms with Gasteiger partial charge < -0.3 is 19.9 Å². The van der Waals surface area contributed by atoms with Crippen LogP contribution in [-0.2, 0) is 21.5 Å². The van der Waals surface area contributed by atoms with E-state index in [0.29, 0.717) is 6.61 Å². The fourth-order valence-electron chi connectivity index (χ4n) is 3.75. The molecule has 3 rings (SSSR count). The third kappa shape index (κ3) is 6.31. The summed E-state index contributed by atoms with van der Waals surface area (Å²) in [5, 5.41) is 3.46. The molecule has 1 N–H and O–H groups in total. The summed E-state index contributed by atoms with van der Waals surface area (Å²) in [7, 11) is 1.81. The molecular formula is C22H35IN4O2. The molecule has 1 aromatic carbocycles. The maximum Gasteiger partial charge on any atom is 0.251 e. The van der Waals surface area contributed by atoms with Gasteiger partial charge in [0.05, 0.1) is 0 Å². The van der Waals surface area contributed by atoms with E-state index in [-0.39, 0.29) is 41.4 Å². The summed E-state index contributed by atoms with van der Waals surface area (Å²) in [6.07, 6.45) is 1.62. The van der Waals surface area contributed by atoms with E-state index in [2.05, 4.69) is 60.2 Å². The van der Waals surface area contributed by atoms with Gasteiger partial charge in [-0.05, 0) is 29.4 Å². The highest BCUT2D eigenvalue weighted by Gasteiger charge is 2.30. The number of aliphatic imine (C=N–C) groups is 1. The third-order valence-corrected chi connectivity index (χ3v) is 5.58. The average molecular weight is 514 g/mol. The Morgan fingerprint density at radius 1 is 1.14 bits per heavy atom. The first-order valence-electron chi connectivity index (χ1n) is 10.3. The maximum absolute atomic E-state index is 12.5. The number of guanidine groups is 1. The number of nitrogens with zero attached hydrogens (tertiary/aromatic N) is 3. The van der Waals surface area contributed by atoms with Gasteiger partial charge in [-0.25, -0.2) is 0 Å². The number of ether oxygens (including phenoxy) is 1. The van der Waals surface area contributed by atoms with Crippen molar-refractivity contribution < 1.29 is 9.53 Å². The summed E-state index contributed by atoms with van der Waals surface area (Å²) < 4.78 is 5.54. The Kier molecular flexibility index (Phi) is 8.75. The van der Waals surface area contributed by atoms with Crippen molar-refractivity contribution in [2.75, 3.05) is 39.8 Å². The van der Waals surface area contributed by atoms with Crippen LogP contribution in [0.15, 0.2) is 29.3 Å². The number of carbonyl (C=O) groups excluding carboxylic acids is 1. The highest BCUT2D eigenvalue weighted by molar-refractivity contribution is 14.0. The van der Waals surface area contributed by atoms with Crippen LogP contribution in [0.3, 0.4) is 0 Å². The average Bonchev–Trinajstić information content (AvgIpc) is 3.23. The monoisotopic (exact) mass is 514 g/mol. The van der Waals surface area contributed by atoms with E-state index in [4.69, 9.17) is 4.74 Å². The van der Waals surface area contributed by atoms with E-state index in [9.17, 15) is 4.79 Å². The zero-order valence-electron chi connectivity index (χ0n) is 18.1. The molecule has 0 radical (unpaired) electrons. The van der Waals surface area contributed by atoms with Gasteiger partial charge in [0.1, 0.15) is 6.10 Å². The summed E-state index contributed by atoms with van der Waals surface area (Å²) >= 11 is 0. The molecule has 2 aliphatic heterocycles. The van der Waals surface area contributed by atoms with Crippen molar-refractivity contribution in [2.45, 2.75) is 51.7 Å². The molecule has 29 heavy (non-hydrogen) atoms. The topological polar surface area (TPSA) is 57.2 Å². The standard InChI is InChI=1S/C22H34N4O2.HI/c1-22(2,3)18-9-7-17(8-10-18)16-24-21(23-4)26-13-11-25(12-14-26)20(27)19-6-5-15-28-19;/h7-10,19H,5-6,11-16H2,1-4H3,(H,23,24);1H. The SMILES string of the molecule is CN=C(NCc1ccc(C(C)(C)C)cc1)N1CCN(C(=O)C2CCCO2)CC1.I. The van der Waals surface area contributed by atoms with Crippen LogP contribution in [0.1, 0.15) is 44.7 Å². The van der Waals surface area contributed by atoms with Crippen LogP contribution in [0.2, 0.25) is 0 Å². The molecule has 1 atom stereocenters. The zero-order valence-corrected chi connectivity index (χ0v) is 20.4. The molecule has 0 bridgehead atoms. The van der Waals surface area contributed by atoms with Gasteiger partial charge in [0.2, 0.25) is 0 Å². The predicted octanol–water partition coefficient (Wildman–Crippen LogP) is 3.00. The number of amides is 1. The molecule has 0 spiro atoms. The molecule has 2 saturated heterocycles. The van der Waals surface area contributed by atoms with Gasteiger partial charge in [0.15, 0.2) is 5.96 Å². The molecule has 1 aromatic rings. The molecule has 7 heteroatoms. The summed E-state index contributed by atoms with van der Waals surface area (Å²) in [4.78, 5) is 21.1. The lowest BCUT2D eigenvalue weighted by Gasteiger charge is -2.37. The van der Waals surface area contributed by atoms with Crippen molar-refractivity contribution in [1.29, 1.82) is 0 Å². The highest BCUT2D eigenvalue weighted by Crippen LogP contribution is 2.22. The van der Waals surface area contributed by atoms with Crippen molar-refractivity contribution >= 4 is 35.8 Å². The fraction of sp³-hybridized carbons (Fsp3) is 0.636. The fourth-order valence-corrected chi connectivity index (χ4v) is 3.75. The molecule has 0 aromatic heterocycles. The number of halogens is 1. The number of hydrogen-bond acceptors (Lipinski definition) is 3. The smallest absolute Gasteiger partial charge is 0.251 e. The second kappa shape index (κ2) is 10.6. The molecule has 0 aliphatic carbocycles. The highest BCUT2D eigenvalue weighted by atomic mass is 127. The Bertz CT molecular complexity index is 686. The predicted molar refractivity (Wildman–Crippen MR) is 128 cm³/mol. The van der Waals surface area contributed by atoms with Crippen LogP contribution < -0.4 is 5.32 Å². The van der Waals surface area contributed by atoms with Crippen molar-refractivity contribution in [1.82, 2.24) is 15.1 Å². The van der Waals surface area contributed by atoms with Crippen LogP contribution in [0, 0.1) is 0 Å². The van der Waals surface area contributed by atoms with E-state index in [1.165, 1.54) is 11.1 Å². The lowest BCUT2D eigenvalue weighted by molar-refractivity contribution is -0.142. The van der Waals surface area contributed by atoms with Gasteiger partial charge in [-0.15, -0.1) is 24.0 Å². The quantitative estimate of drug-likeness (QED) is 0.383. The van der Waals surface area contributed by atoms with Crippen molar-refractivity contribution in [3.8, 4) is 0 Å². The number of nitrogens with one attached hydrogen (secondary N) is 1. The molecule has 162 valence electrons. The minimum atomic E-state index is -0.222. The lowest BCUT2D eigenvalue weighted by atomic mass is 9.87. The Morgan fingerprint density at radius 3 is 2.28 bits per heavy atom. The first-order chi connectivity index (χ1) is 13.4. The molecule has 2 fully saturated rings. The minimum absolute atomic E-state index is 0. The maximum atomic E-state index is 12.5. The van der Waals surface area contributed by atoms with Gasteiger partial charge in [-0.1, -0.05) is 45.0 Å². The second-order valence-electron chi connectivity index (χ2n) is 8.66. The first-order valence-corrected chi connectivity index (χ1v) is 10.3. The van der Waals surface area contributed by atoms with Gasteiger partial charge in [0.25, 0.3) is 5.91 Å². The Morgan fingerprint density at radius 2 is 1.76 bits per heavy atom. The molecule has 0 saturated carbocycles. The molecule has 1 amide bonds. The normalized spacial score (nSPS) is 20.4. The van der Waals surface area contributed by atoms with Crippen LogP contribution in [-0.4, -0.2) is 67.6 Å². The van der Waals surface area contributed by atoms with E-state index < -0.39 is 0 Å². The summed E-state index contributed by atoms with van der Waals surface area (Å²) in [5.74, 6) is 1.04. The number of hydrogen-bond donors (Lipinski definition) is 1. The molecule has 2 aliphatic rings. The number of carbonyl (C=O) groups is 1. The van der Waals surface area contributed by atoms with E-state index >= 15 is 0 Å². The Labute approximate surface area is 192 Å². The van der Waals surface area contributed by atoms with Crippen LogP contribution in [0.25, 0.3) is 0 Å². The molecular weight excluding hydrogens is 479 g/mol. The number of piperazine rings is 1. The summed E-state index contributed by atoms with van der Waals surface area (Å²) in [6.45, 7) is 11.2. The first kappa shape index (κ1) is 23.9. The third-order valence-electron chi connectivity index (χ3n) is 5.58. The minimum Gasteiger partial charge on any atom is -0.368 e. The summed E-state index contributed by atoms with van der Waals surface area (Å²) in [6, 6.07) is 8.77. The van der Waals surface area contributed by atoms with E-state index in [0.717, 1.165) is 51.5 Å². The van der Waals surface area contributed by atoms with Gasteiger partial charge in [0, 0.05) is 46.4 Å². The Hall–Kier alpha value is -1.35. The molecule has 6 nitrogen and oxygen atoms in total. The van der Waals surface area contributed by atoms with E-state index in [1.807, 2.05) is 11.9 Å². The van der Waals surface area contributed by atoms with Crippen molar-refractivity contribution in [2.24, 2.45) is 4.99 Å². The van der Waals surface area contributed by atoms with Gasteiger partial charge in [-0.3, -0.25) is 9.79 Å². The number of rotatable bonds is 3. The largest absolute Gasteiger partial charge is 0.368 e. The second-order valence-corrected chi connectivity index (χ2v) is 8.66. The molecule has 1 unspecified atom stereocenters. The Balaban J connectivity index is 0.00000300. The zero-order chi connectivity index (χ0) is 20.1. The van der Waals surface area contributed by atoms with Gasteiger partial charge in [-0.2, -0.15) is 0 Å². The van der Waals surface area contributed by atoms with Crippen molar-refractivity contribution in [3.05, 3.63) is 35.4 Å². The van der Waals surface area contributed by atoms with Crippen molar-refractivity contribution in [3.63, 3.8) is 0 Å². The lowest BCUT2D eigenvalue weighted by Crippen LogP contribution is -2.55. The molecule has 2 heterocycles. The summed E-state index contributed by atoms with van der Waals surface area (Å²) in [5.41, 5.74) is 2.75. The van der Waals surface area contributed by atoms with Gasteiger partial charge >= 0.3 is 0 Å². The van der Waals surface area contributed by atoms with E-state index in [1.54, 1.807) is 0 Å². The number of benzene rings is 1. The van der Waals surface area contributed by atoms with Crippen LogP contribution in [0.5, 0.6) is 0 Å².